The summed E-state index contributed by atoms with van der Waals surface area (Å²) in [5, 5.41) is 5.57. The van der Waals surface area contributed by atoms with E-state index in [-0.39, 0.29) is 5.82 Å². The first-order valence-electron chi connectivity index (χ1n) is 11.9. The molecule has 1 aliphatic rings. The van der Waals surface area contributed by atoms with Gasteiger partial charge in [0.05, 0.1) is 22.3 Å². The molecule has 1 fully saturated rings. The fourth-order valence-corrected chi connectivity index (χ4v) is 6.20. The van der Waals surface area contributed by atoms with Crippen LogP contribution < -0.4 is 10.1 Å². The minimum absolute atomic E-state index is 0.186. The van der Waals surface area contributed by atoms with Crippen LogP contribution in [0, 0.1) is 11.7 Å². The molecule has 4 aromatic rings. The lowest BCUT2D eigenvalue weighted by Gasteiger charge is -2.31. The molecule has 2 aromatic carbocycles. The minimum atomic E-state index is -0.186. The number of nitrogens with zero attached hydrogens (tertiary/aromatic N) is 2. The van der Waals surface area contributed by atoms with Crippen molar-refractivity contribution in [1.29, 1.82) is 0 Å². The Morgan fingerprint density at radius 3 is 2.73 bits per heavy atom. The highest BCUT2D eigenvalue weighted by Gasteiger charge is 2.25. The zero-order valence-electron chi connectivity index (χ0n) is 19.2. The highest BCUT2D eigenvalue weighted by atomic mass is 32.1. The van der Waals surface area contributed by atoms with Crippen molar-refractivity contribution in [2.75, 3.05) is 11.9 Å². The molecular formula is C27H30FN3OS. The second-order valence-electron chi connectivity index (χ2n) is 9.14. The Labute approximate surface area is 198 Å². The van der Waals surface area contributed by atoms with E-state index in [1.54, 1.807) is 23.5 Å². The maximum atomic E-state index is 13.8. The molecule has 5 rings (SSSR count). The van der Waals surface area contributed by atoms with Crippen molar-refractivity contribution in [3.05, 3.63) is 60.0 Å². The highest BCUT2D eigenvalue weighted by Crippen LogP contribution is 2.40. The summed E-state index contributed by atoms with van der Waals surface area (Å²) in [6.45, 7) is 4.92. The molecule has 0 spiro atoms. The fourth-order valence-electron chi connectivity index (χ4n) is 5.20. The maximum absolute atomic E-state index is 13.8. The number of benzene rings is 2. The number of thiazole rings is 1. The zero-order chi connectivity index (χ0) is 22.8. The molecule has 6 heteroatoms. The molecular weight excluding hydrogens is 433 g/mol. The van der Waals surface area contributed by atoms with Crippen LogP contribution in [0.1, 0.15) is 57.4 Å². The van der Waals surface area contributed by atoms with Crippen LogP contribution >= 0.6 is 11.3 Å². The summed E-state index contributed by atoms with van der Waals surface area (Å²) in [5.74, 6) is 1.90. The molecule has 4 nitrogen and oxygen atoms in total. The third-order valence-electron chi connectivity index (χ3n) is 6.75. The van der Waals surface area contributed by atoms with E-state index in [9.17, 15) is 4.39 Å². The van der Waals surface area contributed by atoms with E-state index < -0.39 is 0 Å². The van der Waals surface area contributed by atoms with Gasteiger partial charge in [-0.05, 0) is 106 Å². The lowest BCUT2D eigenvalue weighted by Crippen LogP contribution is -2.22. The maximum Gasteiger partial charge on any atom is 0.184 e. The summed E-state index contributed by atoms with van der Waals surface area (Å²) < 4.78 is 20.6. The molecule has 0 aliphatic heterocycles. The standard InChI is InChI=1S/C27H30FN3OS/c1-3-32-21-9-11-25-26(16-21)33-27(31-25)30-17(2)14-18-4-6-19(7-5-18)22-12-13-29-24-10-8-20(28)15-23(22)24/h8-13,15-19H,3-7,14H2,1-2H3,(H,30,31). The van der Waals surface area contributed by atoms with E-state index in [2.05, 4.69) is 29.4 Å². The molecule has 0 saturated heterocycles. The Morgan fingerprint density at radius 1 is 1.09 bits per heavy atom. The summed E-state index contributed by atoms with van der Waals surface area (Å²) in [5.41, 5.74) is 3.16. The molecule has 1 N–H and O–H groups in total. The third kappa shape index (κ3) is 4.96. The molecule has 1 aliphatic carbocycles. The normalized spacial score (nSPS) is 19.6. The van der Waals surface area contributed by atoms with E-state index in [0.29, 0.717) is 24.5 Å². The number of fused-ring (bicyclic) bond motifs is 2. The number of halogens is 1. The van der Waals surface area contributed by atoms with Crippen LogP contribution in [0.25, 0.3) is 21.1 Å². The molecule has 1 unspecified atom stereocenters. The average molecular weight is 464 g/mol. The number of aromatic nitrogens is 2. The molecule has 1 saturated carbocycles. The summed E-state index contributed by atoms with van der Waals surface area (Å²) in [6.07, 6.45) is 7.70. The number of rotatable bonds is 7. The van der Waals surface area contributed by atoms with Gasteiger partial charge in [0.1, 0.15) is 11.6 Å². The minimum Gasteiger partial charge on any atom is -0.494 e. The monoisotopic (exact) mass is 463 g/mol. The largest absolute Gasteiger partial charge is 0.494 e. The molecule has 172 valence electrons. The van der Waals surface area contributed by atoms with Crippen molar-refractivity contribution in [3.63, 3.8) is 0 Å². The van der Waals surface area contributed by atoms with Crippen molar-refractivity contribution in [1.82, 2.24) is 9.97 Å². The quantitative estimate of drug-likeness (QED) is 0.307. The second-order valence-corrected chi connectivity index (χ2v) is 10.2. The SMILES string of the molecule is CCOc1ccc2nc(NC(C)CC3CCC(c4ccnc5ccc(F)cc45)CC3)sc2c1. The van der Waals surface area contributed by atoms with E-state index in [0.717, 1.165) is 51.3 Å². The molecule has 2 aromatic heterocycles. The van der Waals surface area contributed by atoms with Crippen LogP contribution in [0.15, 0.2) is 48.7 Å². The first-order chi connectivity index (χ1) is 16.1. The van der Waals surface area contributed by atoms with Gasteiger partial charge in [-0.2, -0.15) is 0 Å². The van der Waals surface area contributed by atoms with E-state index in [1.165, 1.54) is 24.5 Å². The van der Waals surface area contributed by atoms with Crippen molar-refractivity contribution in [2.24, 2.45) is 5.92 Å². The fraction of sp³-hybridized carbons (Fsp3) is 0.407. The van der Waals surface area contributed by atoms with E-state index >= 15 is 0 Å². The van der Waals surface area contributed by atoms with E-state index in [4.69, 9.17) is 9.72 Å². The predicted molar refractivity (Wildman–Crippen MR) is 135 cm³/mol. The average Bonchev–Trinajstić information content (AvgIpc) is 3.21. The Bertz CT molecular complexity index is 1250. The van der Waals surface area contributed by atoms with Crippen LogP contribution in [-0.2, 0) is 0 Å². The molecule has 0 bridgehead atoms. The summed E-state index contributed by atoms with van der Waals surface area (Å²) in [4.78, 5) is 9.16. The number of hydrogen-bond donors (Lipinski definition) is 1. The predicted octanol–water partition coefficient (Wildman–Crippen LogP) is 7.55. The van der Waals surface area contributed by atoms with Gasteiger partial charge in [0.15, 0.2) is 5.13 Å². The summed E-state index contributed by atoms with van der Waals surface area (Å²) >= 11 is 1.69. The van der Waals surface area contributed by atoms with Crippen LogP contribution in [0.5, 0.6) is 5.75 Å². The zero-order valence-corrected chi connectivity index (χ0v) is 20.0. The van der Waals surface area contributed by atoms with Crippen LogP contribution in [0.4, 0.5) is 9.52 Å². The Kier molecular flexibility index (Phi) is 6.45. The smallest absolute Gasteiger partial charge is 0.184 e. The van der Waals surface area contributed by atoms with Crippen molar-refractivity contribution < 1.29 is 9.13 Å². The summed E-state index contributed by atoms with van der Waals surface area (Å²) in [6, 6.07) is 13.5. The van der Waals surface area contributed by atoms with Crippen molar-refractivity contribution >= 4 is 37.6 Å². The molecule has 1 atom stereocenters. The van der Waals surface area contributed by atoms with Crippen molar-refractivity contribution in [3.8, 4) is 5.75 Å². The van der Waals surface area contributed by atoms with E-state index in [1.807, 2.05) is 25.3 Å². The lowest BCUT2D eigenvalue weighted by molar-refractivity contribution is 0.302. The number of nitrogens with one attached hydrogen (secondary N) is 1. The first-order valence-corrected chi connectivity index (χ1v) is 12.7. The number of pyridine rings is 1. The van der Waals surface area contributed by atoms with Gasteiger partial charge in [-0.1, -0.05) is 11.3 Å². The molecule has 2 heterocycles. The van der Waals surface area contributed by atoms with Gasteiger partial charge in [-0.25, -0.2) is 9.37 Å². The first kappa shape index (κ1) is 22.1. The second kappa shape index (κ2) is 9.64. The van der Waals surface area contributed by atoms with Gasteiger partial charge in [-0.3, -0.25) is 4.98 Å². The van der Waals surface area contributed by atoms with Gasteiger partial charge < -0.3 is 10.1 Å². The third-order valence-corrected chi connectivity index (χ3v) is 7.70. The van der Waals surface area contributed by atoms with Gasteiger partial charge in [0.25, 0.3) is 0 Å². The molecule has 33 heavy (non-hydrogen) atoms. The summed E-state index contributed by atoms with van der Waals surface area (Å²) in [7, 11) is 0. The number of hydrogen-bond acceptors (Lipinski definition) is 5. The van der Waals surface area contributed by atoms with Gasteiger partial charge in [-0.15, -0.1) is 0 Å². The van der Waals surface area contributed by atoms with Crippen LogP contribution in [0.2, 0.25) is 0 Å². The van der Waals surface area contributed by atoms with Crippen LogP contribution in [0.3, 0.4) is 0 Å². The Hall–Kier alpha value is -2.73. The highest BCUT2D eigenvalue weighted by molar-refractivity contribution is 7.22. The Balaban J connectivity index is 1.18. The van der Waals surface area contributed by atoms with Gasteiger partial charge in [0.2, 0.25) is 0 Å². The Morgan fingerprint density at radius 2 is 1.91 bits per heavy atom. The topological polar surface area (TPSA) is 47.0 Å². The molecule has 0 amide bonds. The number of anilines is 1. The van der Waals surface area contributed by atoms with Gasteiger partial charge in [0, 0.05) is 17.6 Å². The lowest BCUT2D eigenvalue weighted by atomic mass is 9.76. The molecule has 0 radical (unpaired) electrons. The van der Waals surface area contributed by atoms with Crippen LogP contribution in [-0.4, -0.2) is 22.6 Å². The number of ether oxygens (including phenoxy) is 1. The van der Waals surface area contributed by atoms with Gasteiger partial charge >= 0.3 is 0 Å². The van der Waals surface area contributed by atoms with Crippen molar-refractivity contribution in [2.45, 2.75) is 57.9 Å².